The van der Waals surface area contributed by atoms with Crippen LogP contribution in [0.3, 0.4) is 0 Å². The van der Waals surface area contributed by atoms with Gasteiger partial charge in [0.25, 0.3) is 0 Å². The molecule has 1 aliphatic carbocycles. The molecule has 0 amide bonds. The summed E-state index contributed by atoms with van der Waals surface area (Å²) in [6, 6.07) is 8.14. The standard InChI is InChI=1S/C22H37N3O2.HI/c1-4-23-21(25-17-22(14-15-26)12-6-5-7-13-22)24-16-19-8-10-20(11-9-19)27-18(2)3;/h8-11,18,26H,4-7,12-17H2,1-3H3,(H2,23,24,25);1H. The predicted molar refractivity (Wildman–Crippen MR) is 128 cm³/mol. The Morgan fingerprint density at radius 3 is 2.39 bits per heavy atom. The molecular formula is C22H38IN3O2. The molecule has 0 atom stereocenters. The van der Waals surface area contributed by atoms with Crippen LogP contribution in [0, 0.1) is 5.41 Å². The summed E-state index contributed by atoms with van der Waals surface area (Å²) in [6.07, 6.45) is 7.29. The average Bonchev–Trinajstić information content (AvgIpc) is 2.66. The number of aliphatic hydroxyl groups excluding tert-OH is 1. The molecule has 1 aromatic rings. The fourth-order valence-corrected chi connectivity index (χ4v) is 3.78. The van der Waals surface area contributed by atoms with Gasteiger partial charge in [0.1, 0.15) is 5.75 Å². The molecule has 6 heteroatoms. The maximum Gasteiger partial charge on any atom is 0.191 e. The van der Waals surface area contributed by atoms with Crippen LogP contribution in [0.4, 0.5) is 0 Å². The first kappa shape index (κ1) is 25.0. The Labute approximate surface area is 187 Å². The molecule has 28 heavy (non-hydrogen) atoms. The van der Waals surface area contributed by atoms with Crippen LogP contribution < -0.4 is 15.4 Å². The minimum atomic E-state index is 0. The van der Waals surface area contributed by atoms with Crippen LogP contribution in [0.25, 0.3) is 0 Å². The molecule has 160 valence electrons. The molecule has 1 aliphatic rings. The quantitative estimate of drug-likeness (QED) is 0.264. The number of halogens is 1. The van der Waals surface area contributed by atoms with Crippen LogP contribution in [-0.4, -0.2) is 36.9 Å². The van der Waals surface area contributed by atoms with E-state index in [1.807, 2.05) is 26.0 Å². The Bertz CT molecular complexity index is 564. The largest absolute Gasteiger partial charge is 0.491 e. The highest BCUT2D eigenvalue weighted by molar-refractivity contribution is 14.0. The zero-order valence-electron chi connectivity index (χ0n) is 17.7. The predicted octanol–water partition coefficient (Wildman–Crippen LogP) is 4.48. The molecule has 1 saturated carbocycles. The van der Waals surface area contributed by atoms with Crippen LogP contribution in [-0.2, 0) is 6.54 Å². The monoisotopic (exact) mass is 503 g/mol. The summed E-state index contributed by atoms with van der Waals surface area (Å²) in [4.78, 5) is 4.74. The van der Waals surface area contributed by atoms with Crippen molar-refractivity contribution in [3.05, 3.63) is 29.8 Å². The molecule has 0 spiro atoms. The van der Waals surface area contributed by atoms with Gasteiger partial charge in [-0.15, -0.1) is 24.0 Å². The lowest BCUT2D eigenvalue weighted by molar-refractivity contribution is 0.131. The topological polar surface area (TPSA) is 65.9 Å². The number of aliphatic hydroxyl groups is 1. The Balaban J connectivity index is 0.00000392. The van der Waals surface area contributed by atoms with E-state index in [0.717, 1.165) is 36.8 Å². The molecule has 0 heterocycles. The highest BCUT2D eigenvalue weighted by Crippen LogP contribution is 2.38. The zero-order chi connectivity index (χ0) is 19.5. The number of rotatable bonds is 9. The fraction of sp³-hybridized carbons (Fsp3) is 0.682. The van der Waals surface area contributed by atoms with Crippen molar-refractivity contribution in [3.8, 4) is 5.75 Å². The summed E-state index contributed by atoms with van der Waals surface area (Å²) in [5.41, 5.74) is 1.37. The van der Waals surface area contributed by atoms with Gasteiger partial charge in [-0.05, 0) is 63.1 Å². The third-order valence-corrected chi connectivity index (χ3v) is 5.25. The van der Waals surface area contributed by atoms with Crippen molar-refractivity contribution >= 4 is 29.9 Å². The summed E-state index contributed by atoms with van der Waals surface area (Å²) in [6.45, 7) is 8.75. The Morgan fingerprint density at radius 1 is 1.14 bits per heavy atom. The number of ether oxygens (including phenoxy) is 1. The maximum absolute atomic E-state index is 9.50. The Morgan fingerprint density at radius 2 is 1.82 bits per heavy atom. The summed E-state index contributed by atoms with van der Waals surface area (Å²) in [5, 5.41) is 16.4. The Hall–Kier alpha value is -1.02. The number of nitrogens with one attached hydrogen (secondary N) is 2. The fourth-order valence-electron chi connectivity index (χ4n) is 3.78. The highest BCUT2D eigenvalue weighted by Gasteiger charge is 2.31. The van der Waals surface area contributed by atoms with E-state index in [4.69, 9.17) is 9.73 Å². The minimum Gasteiger partial charge on any atom is -0.491 e. The van der Waals surface area contributed by atoms with E-state index in [1.54, 1.807) is 0 Å². The molecule has 3 N–H and O–H groups in total. The Kier molecular flexibility index (Phi) is 11.8. The number of benzene rings is 1. The minimum absolute atomic E-state index is 0. The second kappa shape index (κ2) is 13.2. The van der Waals surface area contributed by atoms with Crippen LogP contribution in [0.5, 0.6) is 5.75 Å². The normalized spacial score (nSPS) is 16.4. The number of nitrogens with zero attached hydrogens (tertiary/aromatic N) is 1. The number of aliphatic imine (C=N–C) groups is 1. The molecule has 2 rings (SSSR count). The van der Waals surface area contributed by atoms with Crippen molar-refractivity contribution in [2.45, 2.75) is 71.9 Å². The number of hydrogen-bond donors (Lipinski definition) is 3. The second-order valence-corrected chi connectivity index (χ2v) is 7.89. The van der Waals surface area contributed by atoms with E-state index in [1.165, 1.54) is 32.1 Å². The number of guanidine groups is 1. The molecular weight excluding hydrogens is 465 g/mol. The lowest BCUT2D eigenvalue weighted by Gasteiger charge is -2.37. The molecule has 1 aromatic carbocycles. The maximum atomic E-state index is 9.50. The van der Waals surface area contributed by atoms with Crippen molar-refractivity contribution in [2.24, 2.45) is 10.4 Å². The van der Waals surface area contributed by atoms with E-state index in [0.29, 0.717) is 6.54 Å². The van der Waals surface area contributed by atoms with Gasteiger partial charge in [0.15, 0.2) is 5.96 Å². The van der Waals surface area contributed by atoms with Gasteiger partial charge in [-0.25, -0.2) is 4.99 Å². The van der Waals surface area contributed by atoms with E-state index in [9.17, 15) is 5.11 Å². The average molecular weight is 503 g/mol. The summed E-state index contributed by atoms with van der Waals surface area (Å²) < 4.78 is 5.69. The zero-order valence-corrected chi connectivity index (χ0v) is 20.0. The molecule has 0 aliphatic heterocycles. The van der Waals surface area contributed by atoms with E-state index < -0.39 is 0 Å². The lowest BCUT2D eigenvalue weighted by atomic mass is 9.72. The van der Waals surface area contributed by atoms with Crippen molar-refractivity contribution in [1.29, 1.82) is 0 Å². The van der Waals surface area contributed by atoms with E-state index >= 15 is 0 Å². The van der Waals surface area contributed by atoms with Crippen molar-refractivity contribution in [1.82, 2.24) is 10.6 Å². The third-order valence-electron chi connectivity index (χ3n) is 5.25. The first-order valence-electron chi connectivity index (χ1n) is 10.5. The van der Waals surface area contributed by atoms with Crippen molar-refractivity contribution in [2.75, 3.05) is 19.7 Å². The van der Waals surface area contributed by atoms with Gasteiger partial charge in [0, 0.05) is 19.7 Å². The lowest BCUT2D eigenvalue weighted by Crippen LogP contribution is -2.44. The molecule has 0 bridgehead atoms. The van der Waals surface area contributed by atoms with Crippen LogP contribution in [0.2, 0.25) is 0 Å². The smallest absolute Gasteiger partial charge is 0.191 e. The third kappa shape index (κ3) is 8.55. The molecule has 0 saturated heterocycles. The summed E-state index contributed by atoms with van der Waals surface area (Å²) >= 11 is 0. The van der Waals surface area contributed by atoms with Gasteiger partial charge in [-0.1, -0.05) is 31.4 Å². The van der Waals surface area contributed by atoms with Crippen LogP contribution >= 0.6 is 24.0 Å². The van der Waals surface area contributed by atoms with Crippen molar-refractivity contribution in [3.63, 3.8) is 0 Å². The van der Waals surface area contributed by atoms with Gasteiger partial charge in [0.05, 0.1) is 12.6 Å². The molecule has 0 radical (unpaired) electrons. The summed E-state index contributed by atoms with van der Waals surface area (Å²) in [7, 11) is 0. The molecule has 0 aromatic heterocycles. The first-order valence-corrected chi connectivity index (χ1v) is 10.5. The highest BCUT2D eigenvalue weighted by atomic mass is 127. The summed E-state index contributed by atoms with van der Waals surface area (Å²) in [5.74, 6) is 1.74. The number of hydrogen-bond acceptors (Lipinski definition) is 3. The molecule has 1 fully saturated rings. The first-order chi connectivity index (χ1) is 13.1. The molecule has 5 nitrogen and oxygen atoms in total. The van der Waals surface area contributed by atoms with E-state index in [-0.39, 0.29) is 42.1 Å². The van der Waals surface area contributed by atoms with Gasteiger partial charge in [-0.2, -0.15) is 0 Å². The van der Waals surface area contributed by atoms with Crippen LogP contribution in [0.15, 0.2) is 29.3 Å². The van der Waals surface area contributed by atoms with Gasteiger partial charge < -0.3 is 20.5 Å². The van der Waals surface area contributed by atoms with E-state index in [2.05, 4.69) is 29.7 Å². The SMILES string of the molecule is CCNC(=NCc1ccc(OC(C)C)cc1)NCC1(CCO)CCCCC1.I. The van der Waals surface area contributed by atoms with Crippen molar-refractivity contribution < 1.29 is 9.84 Å². The molecule has 0 unspecified atom stereocenters. The van der Waals surface area contributed by atoms with Crippen LogP contribution in [0.1, 0.15) is 64.9 Å². The van der Waals surface area contributed by atoms with Gasteiger partial charge >= 0.3 is 0 Å². The van der Waals surface area contributed by atoms with Gasteiger partial charge in [0.2, 0.25) is 0 Å². The van der Waals surface area contributed by atoms with Gasteiger partial charge in [-0.3, -0.25) is 0 Å². The second-order valence-electron chi connectivity index (χ2n) is 7.89.